The van der Waals surface area contributed by atoms with Crippen LogP contribution >= 0.6 is 27.5 Å². The lowest BCUT2D eigenvalue weighted by Gasteiger charge is -2.32. The molecule has 0 bridgehead atoms. The van der Waals surface area contributed by atoms with Crippen molar-refractivity contribution >= 4 is 55.1 Å². The number of sulfonamides is 1. The minimum Gasteiger partial charge on any atom is -0.495 e. The number of ether oxygens (including phenoxy) is 1. The van der Waals surface area contributed by atoms with Crippen molar-refractivity contribution in [3.8, 4) is 5.75 Å². The summed E-state index contributed by atoms with van der Waals surface area (Å²) in [6.07, 6.45) is 0. The van der Waals surface area contributed by atoms with Gasteiger partial charge in [-0.2, -0.15) is 0 Å². The second-order valence-corrected chi connectivity index (χ2v) is 12.1. The van der Waals surface area contributed by atoms with Gasteiger partial charge in [0, 0.05) is 22.6 Å². The van der Waals surface area contributed by atoms with Gasteiger partial charge in [-0.1, -0.05) is 57.4 Å². The number of methoxy groups -OCH3 is 1. The molecular weight excluding hydrogens is 606 g/mol. The molecule has 0 saturated heterocycles. The van der Waals surface area contributed by atoms with Gasteiger partial charge in [-0.15, -0.1) is 0 Å². The molecule has 1 atom stereocenters. The van der Waals surface area contributed by atoms with E-state index in [4.69, 9.17) is 16.3 Å². The summed E-state index contributed by atoms with van der Waals surface area (Å²) in [5, 5.41) is 3.01. The van der Waals surface area contributed by atoms with Crippen LogP contribution in [-0.2, 0) is 26.2 Å². The predicted octanol–water partition coefficient (Wildman–Crippen LogP) is 5.17. The molecule has 2 amide bonds. The van der Waals surface area contributed by atoms with Crippen molar-refractivity contribution in [3.63, 3.8) is 0 Å². The summed E-state index contributed by atoms with van der Waals surface area (Å²) in [6.45, 7) is 5.12. The maximum Gasteiger partial charge on any atom is 0.264 e. The Bertz CT molecular complexity index is 1430. The number of nitrogens with zero attached hydrogens (tertiary/aromatic N) is 2. The molecule has 11 heteroatoms. The zero-order valence-electron chi connectivity index (χ0n) is 22.1. The number of benzene rings is 3. The van der Waals surface area contributed by atoms with Crippen LogP contribution in [0, 0.1) is 6.92 Å². The number of amides is 2. The summed E-state index contributed by atoms with van der Waals surface area (Å²) in [5.41, 5.74) is 1.75. The van der Waals surface area contributed by atoms with Crippen molar-refractivity contribution < 1.29 is 22.7 Å². The fourth-order valence-electron chi connectivity index (χ4n) is 3.95. The van der Waals surface area contributed by atoms with Crippen LogP contribution < -0.4 is 14.4 Å². The number of anilines is 1. The van der Waals surface area contributed by atoms with E-state index >= 15 is 0 Å². The van der Waals surface area contributed by atoms with Crippen molar-refractivity contribution in [2.45, 2.75) is 38.3 Å². The number of hydrogen-bond donors (Lipinski definition) is 1. The first-order chi connectivity index (χ1) is 18.5. The van der Waals surface area contributed by atoms with E-state index in [1.54, 1.807) is 32.0 Å². The Morgan fingerprint density at radius 3 is 2.38 bits per heavy atom. The van der Waals surface area contributed by atoms with Crippen molar-refractivity contribution in [2.75, 3.05) is 24.5 Å². The number of halogens is 2. The fraction of sp³-hybridized carbons (Fsp3) is 0.286. The van der Waals surface area contributed by atoms with Crippen molar-refractivity contribution in [2.24, 2.45) is 0 Å². The van der Waals surface area contributed by atoms with Crippen LogP contribution in [0.4, 0.5) is 5.69 Å². The lowest BCUT2D eigenvalue weighted by molar-refractivity contribution is -0.139. The average Bonchev–Trinajstić information content (AvgIpc) is 2.90. The molecule has 0 spiro atoms. The molecule has 0 fully saturated rings. The number of hydrogen-bond acceptors (Lipinski definition) is 5. The number of likely N-dealkylation sites (N-methyl/N-ethyl adjacent to an activating group) is 1. The number of aryl methyl sites for hydroxylation is 1. The molecule has 208 valence electrons. The lowest BCUT2D eigenvalue weighted by atomic mass is 10.1. The van der Waals surface area contributed by atoms with Gasteiger partial charge in [0.2, 0.25) is 11.8 Å². The first kappa shape index (κ1) is 30.5. The summed E-state index contributed by atoms with van der Waals surface area (Å²) < 4.78 is 35.2. The second kappa shape index (κ2) is 13.3. The zero-order chi connectivity index (χ0) is 28.7. The number of rotatable bonds is 11. The molecular formula is C28H31BrClN3O5S. The van der Waals surface area contributed by atoms with Gasteiger partial charge in [0.25, 0.3) is 10.0 Å². The molecule has 0 aliphatic rings. The van der Waals surface area contributed by atoms with E-state index in [0.29, 0.717) is 6.54 Å². The summed E-state index contributed by atoms with van der Waals surface area (Å²) in [4.78, 5) is 28.1. The van der Waals surface area contributed by atoms with Crippen molar-refractivity contribution in [3.05, 3.63) is 87.4 Å². The van der Waals surface area contributed by atoms with Crippen LogP contribution in [0.3, 0.4) is 0 Å². The van der Waals surface area contributed by atoms with Gasteiger partial charge in [-0.05, 0) is 68.8 Å². The third kappa shape index (κ3) is 7.52. The van der Waals surface area contributed by atoms with E-state index in [-0.39, 0.29) is 33.8 Å². The molecule has 0 aliphatic carbocycles. The van der Waals surface area contributed by atoms with E-state index in [0.717, 1.165) is 19.9 Å². The van der Waals surface area contributed by atoms with Crippen LogP contribution in [0.2, 0.25) is 5.02 Å². The first-order valence-corrected chi connectivity index (χ1v) is 14.8. The quantitative estimate of drug-likeness (QED) is 0.314. The van der Waals surface area contributed by atoms with Gasteiger partial charge in [-0.25, -0.2) is 8.42 Å². The predicted molar refractivity (Wildman–Crippen MR) is 157 cm³/mol. The molecule has 3 aromatic rings. The highest BCUT2D eigenvalue weighted by Crippen LogP contribution is 2.35. The third-order valence-corrected chi connectivity index (χ3v) is 8.56. The Hall–Kier alpha value is -3.08. The van der Waals surface area contributed by atoms with Gasteiger partial charge in [0.15, 0.2) is 0 Å². The molecule has 0 aromatic heterocycles. The zero-order valence-corrected chi connectivity index (χ0v) is 25.3. The Labute approximate surface area is 243 Å². The second-order valence-electron chi connectivity index (χ2n) is 8.86. The molecule has 0 radical (unpaired) electrons. The standard InChI is InChI=1S/C28H31BrClN3O5S/c1-5-31-28(35)20(3)32(17-21-7-6-8-22(29)15-21)27(34)18-33(25-16-23(30)11-14-26(25)38-4)39(36,37)24-12-9-19(2)10-13-24/h6-16,20H,5,17-18H2,1-4H3,(H,31,35)/t20-/m1/s1. The van der Waals surface area contributed by atoms with E-state index < -0.39 is 28.5 Å². The van der Waals surface area contributed by atoms with Gasteiger partial charge < -0.3 is 15.0 Å². The Morgan fingerprint density at radius 1 is 1.08 bits per heavy atom. The lowest BCUT2D eigenvalue weighted by Crippen LogP contribution is -2.51. The molecule has 8 nitrogen and oxygen atoms in total. The van der Waals surface area contributed by atoms with Gasteiger partial charge in [-0.3, -0.25) is 13.9 Å². The molecule has 1 N–H and O–H groups in total. The highest BCUT2D eigenvalue weighted by atomic mass is 79.9. The van der Waals surface area contributed by atoms with E-state index in [2.05, 4.69) is 21.2 Å². The minimum atomic E-state index is -4.25. The SMILES string of the molecule is CCNC(=O)[C@@H](C)N(Cc1cccc(Br)c1)C(=O)CN(c1cc(Cl)ccc1OC)S(=O)(=O)c1ccc(C)cc1. The van der Waals surface area contributed by atoms with E-state index in [9.17, 15) is 18.0 Å². The summed E-state index contributed by atoms with van der Waals surface area (Å²) in [5.74, 6) is -0.709. The largest absolute Gasteiger partial charge is 0.495 e. The van der Waals surface area contributed by atoms with Gasteiger partial charge >= 0.3 is 0 Å². The van der Waals surface area contributed by atoms with Crippen LogP contribution in [0.25, 0.3) is 0 Å². The normalized spacial score (nSPS) is 11.9. The fourth-order valence-corrected chi connectivity index (χ4v) is 5.97. The molecule has 39 heavy (non-hydrogen) atoms. The van der Waals surface area contributed by atoms with Crippen molar-refractivity contribution in [1.82, 2.24) is 10.2 Å². The van der Waals surface area contributed by atoms with Gasteiger partial charge in [0.05, 0.1) is 17.7 Å². The highest BCUT2D eigenvalue weighted by Gasteiger charge is 2.34. The smallest absolute Gasteiger partial charge is 0.264 e. The number of carbonyl (C=O) groups is 2. The van der Waals surface area contributed by atoms with Crippen LogP contribution in [0.15, 0.2) is 76.1 Å². The number of nitrogens with one attached hydrogen (secondary N) is 1. The van der Waals surface area contributed by atoms with Crippen LogP contribution in [0.5, 0.6) is 5.75 Å². The Balaban J connectivity index is 2.10. The number of carbonyl (C=O) groups excluding carboxylic acids is 2. The van der Waals surface area contributed by atoms with Crippen LogP contribution in [0.1, 0.15) is 25.0 Å². The highest BCUT2D eigenvalue weighted by molar-refractivity contribution is 9.10. The Kier molecular flexibility index (Phi) is 10.4. The molecule has 0 aliphatic heterocycles. The molecule has 3 aromatic carbocycles. The maximum absolute atomic E-state index is 14.0. The van der Waals surface area contributed by atoms with Gasteiger partial charge in [0.1, 0.15) is 18.3 Å². The molecule has 3 rings (SSSR count). The molecule has 0 unspecified atom stereocenters. The summed E-state index contributed by atoms with van der Waals surface area (Å²) >= 11 is 9.69. The topological polar surface area (TPSA) is 96.0 Å². The Morgan fingerprint density at radius 2 is 1.77 bits per heavy atom. The summed E-state index contributed by atoms with van der Waals surface area (Å²) in [6, 6.07) is 17.3. The molecule has 0 saturated carbocycles. The molecule has 0 heterocycles. The third-order valence-electron chi connectivity index (χ3n) is 6.06. The van der Waals surface area contributed by atoms with Crippen molar-refractivity contribution in [1.29, 1.82) is 0 Å². The average molecular weight is 637 g/mol. The summed E-state index contributed by atoms with van der Waals surface area (Å²) in [7, 11) is -2.84. The first-order valence-electron chi connectivity index (χ1n) is 12.2. The van der Waals surface area contributed by atoms with Crippen LogP contribution in [-0.4, -0.2) is 51.4 Å². The maximum atomic E-state index is 14.0. The monoisotopic (exact) mass is 635 g/mol. The van der Waals surface area contributed by atoms with E-state index in [1.165, 1.54) is 36.3 Å². The van der Waals surface area contributed by atoms with E-state index in [1.807, 2.05) is 31.2 Å². The minimum absolute atomic E-state index is 0.00163.